The summed E-state index contributed by atoms with van der Waals surface area (Å²) in [5.74, 6) is 2.35. The van der Waals surface area contributed by atoms with Crippen molar-refractivity contribution in [3.8, 4) is 11.5 Å². The van der Waals surface area contributed by atoms with Gasteiger partial charge in [0.25, 0.3) is 0 Å². The van der Waals surface area contributed by atoms with Gasteiger partial charge in [0.15, 0.2) is 0 Å². The third-order valence-corrected chi connectivity index (χ3v) is 5.87. The van der Waals surface area contributed by atoms with E-state index >= 15 is 0 Å². The lowest BCUT2D eigenvalue weighted by Crippen LogP contribution is -2.35. The molecule has 1 saturated heterocycles. The average molecular weight is 435 g/mol. The molecule has 0 bridgehead atoms. The van der Waals surface area contributed by atoms with E-state index in [1.54, 1.807) is 20.4 Å². The molecule has 4 rings (SSSR count). The van der Waals surface area contributed by atoms with Crippen LogP contribution in [-0.4, -0.2) is 47.9 Å². The Morgan fingerprint density at radius 3 is 2.34 bits per heavy atom. The summed E-state index contributed by atoms with van der Waals surface area (Å²) in [6.07, 6.45) is 4.07. The Balaban J connectivity index is 1.33. The molecule has 0 spiro atoms. The Morgan fingerprint density at radius 2 is 1.69 bits per heavy atom. The van der Waals surface area contributed by atoms with Crippen LogP contribution in [0.4, 0.5) is 5.82 Å². The van der Waals surface area contributed by atoms with Crippen LogP contribution in [0.3, 0.4) is 0 Å². The van der Waals surface area contributed by atoms with E-state index < -0.39 is 0 Å². The third kappa shape index (κ3) is 5.48. The van der Waals surface area contributed by atoms with Gasteiger partial charge in [0, 0.05) is 31.8 Å². The van der Waals surface area contributed by atoms with Gasteiger partial charge < -0.3 is 14.8 Å². The molecule has 32 heavy (non-hydrogen) atoms. The van der Waals surface area contributed by atoms with Gasteiger partial charge in [-0.05, 0) is 36.1 Å². The van der Waals surface area contributed by atoms with Crippen molar-refractivity contribution >= 4 is 11.7 Å². The van der Waals surface area contributed by atoms with E-state index in [2.05, 4.69) is 27.4 Å². The quantitative estimate of drug-likeness (QED) is 0.582. The summed E-state index contributed by atoms with van der Waals surface area (Å²) in [6.45, 7) is 2.77. The second-order valence-corrected chi connectivity index (χ2v) is 8.10. The van der Waals surface area contributed by atoms with E-state index in [0.717, 1.165) is 55.4 Å². The summed E-state index contributed by atoms with van der Waals surface area (Å²) < 4.78 is 12.7. The lowest BCUT2D eigenvalue weighted by atomic mass is 10.0. The van der Waals surface area contributed by atoms with Crippen molar-refractivity contribution in [2.24, 2.45) is 0 Å². The summed E-state index contributed by atoms with van der Waals surface area (Å²) in [5, 5.41) is 7.54. The van der Waals surface area contributed by atoms with Crippen molar-refractivity contribution in [2.75, 3.05) is 32.6 Å². The molecule has 1 aromatic heterocycles. The fourth-order valence-electron chi connectivity index (χ4n) is 4.21. The molecule has 0 radical (unpaired) electrons. The van der Waals surface area contributed by atoms with Crippen molar-refractivity contribution in [3.63, 3.8) is 0 Å². The minimum atomic E-state index is -0.0256. The highest BCUT2D eigenvalue weighted by molar-refractivity contribution is 5.91. The zero-order valence-corrected chi connectivity index (χ0v) is 18.7. The maximum absolute atomic E-state index is 12.5. The zero-order chi connectivity index (χ0) is 22.3. The molecule has 168 valence electrons. The fraction of sp³-hybridized carbons (Fsp3) is 0.360. The number of piperidine rings is 1. The molecule has 1 aliphatic rings. The van der Waals surface area contributed by atoms with Crippen LogP contribution >= 0.6 is 0 Å². The van der Waals surface area contributed by atoms with Crippen LogP contribution < -0.4 is 14.8 Å². The number of anilines is 1. The van der Waals surface area contributed by atoms with Gasteiger partial charge in [-0.3, -0.25) is 9.69 Å². The molecule has 2 heterocycles. The molecule has 0 atom stereocenters. The molecule has 1 N–H and O–H groups in total. The normalized spacial score (nSPS) is 14.8. The van der Waals surface area contributed by atoms with Crippen molar-refractivity contribution in [1.29, 1.82) is 0 Å². The summed E-state index contributed by atoms with van der Waals surface area (Å²) in [7, 11) is 3.34. The first-order chi connectivity index (χ1) is 15.6. The minimum Gasteiger partial charge on any atom is -0.497 e. The summed E-state index contributed by atoms with van der Waals surface area (Å²) >= 11 is 0. The Morgan fingerprint density at radius 1 is 1.00 bits per heavy atom. The number of carbonyl (C=O) groups excluding carboxylic acids is 1. The lowest BCUT2D eigenvalue weighted by Gasteiger charge is -2.32. The molecule has 1 fully saturated rings. The van der Waals surface area contributed by atoms with Gasteiger partial charge in [-0.1, -0.05) is 30.3 Å². The summed E-state index contributed by atoms with van der Waals surface area (Å²) in [6, 6.07) is 17.9. The first kappa shape index (κ1) is 21.9. The standard InChI is InChI=1S/C25H30N4O3/c1-31-22-14-20(15-23(17-22)32-2)18-28-12-9-21(10-13-28)29-24(8-11-26-29)27-25(30)16-19-6-4-3-5-7-19/h3-8,11,14-15,17,21H,9-10,12-13,16,18H2,1-2H3,(H,27,30). The lowest BCUT2D eigenvalue weighted by molar-refractivity contribution is -0.115. The highest BCUT2D eigenvalue weighted by Gasteiger charge is 2.23. The molecule has 0 saturated carbocycles. The predicted molar refractivity (Wildman–Crippen MR) is 124 cm³/mol. The van der Waals surface area contributed by atoms with Gasteiger partial charge in [0.05, 0.1) is 32.9 Å². The van der Waals surface area contributed by atoms with Crippen LogP contribution in [0.25, 0.3) is 0 Å². The number of amides is 1. The highest BCUT2D eigenvalue weighted by Crippen LogP contribution is 2.28. The van der Waals surface area contributed by atoms with Gasteiger partial charge in [-0.2, -0.15) is 5.10 Å². The first-order valence-corrected chi connectivity index (χ1v) is 11.0. The topological polar surface area (TPSA) is 68.6 Å². The van der Waals surface area contributed by atoms with Gasteiger partial charge in [0.2, 0.25) is 5.91 Å². The molecule has 0 unspecified atom stereocenters. The monoisotopic (exact) mass is 434 g/mol. The van der Waals surface area contributed by atoms with Crippen molar-refractivity contribution < 1.29 is 14.3 Å². The summed E-state index contributed by atoms with van der Waals surface area (Å²) in [4.78, 5) is 14.9. The predicted octanol–water partition coefficient (Wildman–Crippen LogP) is 3.92. The van der Waals surface area contributed by atoms with Crippen LogP contribution in [0, 0.1) is 0 Å². The van der Waals surface area contributed by atoms with Gasteiger partial charge in [-0.15, -0.1) is 0 Å². The molecule has 0 aliphatic carbocycles. The van der Waals surface area contributed by atoms with Gasteiger partial charge >= 0.3 is 0 Å². The molecule has 1 amide bonds. The Bertz CT molecular complexity index is 1000. The largest absolute Gasteiger partial charge is 0.497 e. The second kappa shape index (κ2) is 10.3. The molecular formula is C25H30N4O3. The van der Waals surface area contributed by atoms with E-state index in [0.29, 0.717) is 6.42 Å². The number of rotatable bonds is 8. The number of hydrogen-bond acceptors (Lipinski definition) is 5. The number of nitrogens with zero attached hydrogens (tertiary/aromatic N) is 3. The number of nitrogens with one attached hydrogen (secondary N) is 1. The minimum absolute atomic E-state index is 0.0256. The van der Waals surface area contributed by atoms with E-state index in [1.807, 2.05) is 47.1 Å². The van der Waals surface area contributed by atoms with E-state index in [9.17, 15) is 4.79 Å². The highest BCUT2D eigenvalue weighted by atomic mass is 16.5. The molecule has 7 heteroatoms. The van der Waals surface area contributed by atoms with Crippen LogP contribution in [0.15, 0.2) is 60.8 Å². The number of aromatic nitrogens is 2. The maximum Gasteiger partial charge on any atom is 0.229 e. The van der Waals surface area contributed by atoms with Crippen LogP contribution in [-0.2, 0) is 17.8 Å². The molecule has 1 aliphatic heterocycles. The Labute approximate surface area is 188 Å². The number of likely N-dealkylation sites (tertiary alicyclic amines) is 1. The average Bonchev–Trinajstić information content (AvgIpc) is 3.27. The Hall–Kier alpha value is -3.32. The van der Waals surface area contributed by atoms with E-state index in [-0.39, 0.29) is 11.9 Å². The van der Waals surface area contributed by atoms with Gasteiger partial charge in [-0.25, -0.2) is 4.68 Å². The SMILES string of the molecule is COc1cc(CN2CCC(n3nccc3NC(=O)Cc3ccccc3)CC2)cc(OC)c1. The van der Waals surface area contributed by atoms with Crippen LogP contribution in [0.1, 0.15) is 30.0 Å². The number of benzene rings is 2. The summed E-state index contributed by atoms with van der Waals surface area (Å²) in [5.41, 5.74) is 2.17. The fourth-order valence-corrected chi connectivity index (χ4v) is 4.21. The zero-order valence-electron chi connectivity index (χ0n) is 18.7. The maximum atomic E-state index is 12.5. The van der Waals surface area contributed by atoms with Crippen molar-refractivity contribution in [3.05, 3.63) is 71.9 Å². The Kier molecular flexibility index (Phi) is 7.07. The number of ether oxygens (including phenoxy) is 2. The second-order valence-electron chi connectivity index (χ2n) is 8.10. The number of hydrogen-bond donors (Lipinski definition) is 1. The van der Waals surface area contributed by atoms with Gasteiger partial charge in [0.1, 0.15) is 17.3 Å². The van der Waals surface area contributed by atoms with E-state index in [4.69, 9.17) is 9.47 Å². The van der Waals surface area contributed by atoms with Crippen molar-refractivity contribution in [2.45, 2.75) is 31.8 Å². The van der Waals surface area contributed by atoms with Crippen LogP contribution in [0.2, 0.25) is 0 Å². The molecule has 3 aromatic rings. The first-order valence-electron chi connectivity index (χ1n) is 11.0. The number of carbonyl (C=O) groups is 1. The van der Waals surface area contributed by atoms with Crippen molar-refractivity contribution in [1.82, 2.24) is 14.7 Å². The van der Waals surface area contributed by atoms with Crippen LogP contribution in [0.5, 0.6) is 11.5 Å². The molecular weight excluding hydrogens is 404 g/mol. The van der Waals surface area contributed by atoms with E-state index in [1.165, 1.54) is 5.56 Å². The molecule has 7 nitrogen and oxygen atoms in total. The third-order valence-electron chi connectivity index (χ3n) is 5.87. The molecule has 2 aromatic carbocycles. The number of methoxy groups -OCH3 is 2. The smallest absolute Gasteiger partial charge is 0.229 e.